The Labute approximate surface area is 174 Å². The molecular weight excluding hydrogens is 386 g/mol. The van der Waals surface area contributed by atoms with Gasteiger partial charge in [-0.3, -0.25) is 4.79 Å². The van der Waals surface area contributed by atoms with Crippen LogP contribution in [0.4, 0.5) is 11.4 Å². The van der Waals surface area contributed by atoms with Gasteiger partial charge in [-0.05, 0) is 24.3 Å². The van der Waals surface area contributed by atoms with E-state index in [2.05, 4.69) is 10.3 Å². The Hall–Kier alpha value is -2.93. The lowest BCUT2D eigenvalue weighted by Crippen LogP contribution is -2.38. The quantitative estimate of drug-likeness (QED) is 0.682. The van der Waals surface area contributed by atoms with Gasteiger partial charge in [-0.15, -0.1) is 0 Å². The van der Waals surface area contributed by atoms with E-state index in [0.29, 0.717) is 17.0 Å². The first-order valence-electron chi connectivity index (χ1n) is 9.46. The van der Waals surface area contributed by atoms with Gasteiger partial charge in [-0.2, -0.15) is 11.8 Å². The Morgan fingerprint density at radius 3 is 2.48 bits per heavy atom. The minimum Gasteiger partial charge on any atom is -0.495 e. The maximum Gasteiger partial charge on any atom is 0.272 e. The molecule has 0 aliphatic carbocycles. The first-order chi connectivity index (χ1) is 14.2. The maximum atomic E-state index is 13.1. The number of hydrogen-bond acceptors (Lipinski definition) is 6. The largest absolute Gasteiger partial charge is 0.495 e. The van der Waals surface area contributed by atoms with Crippen molar-refractivity contribution in [2.24, 2.45) is 0 Å². The lowest BCUT2D eigenvalue weighted by atomic mass is 10.1. The molecule has 1 aliphatic heterocycles. The summed E-state index contributed by atoms with van der Waals surface area (Å²) in [5.41, 5.74) is 2.67. The number of ether oxygens (including phenoxy) is 2. The van der Waals surface area contributed by atoms with Crippen LogP contribution in [0.15, 0.2) is 48.5 Å². The van der Waals surface area contributed by atoms with E-state index in [1.54, 1.807) is 14.2 Å². The summed E-state index contributed by atoms with van der Waals surface area (Å²) < 4.78 is 11.0. The Morgan fingerprint density at radius 1 is 1.00 bits per heavy atom. The number of rotatable bonds is 5. The highest BCUT2D eigenvalue weighted by Crippen LogP contribution is 2.34. The Morgan fingerprint density at radius 2 is 1.72 bits per heavy atom. The first kappa shape index (κ1) is 19.4. The van der Waals surface area contributed by atoms with E-state index in [0.717, 1.165) is 47.1 Å². The fraction of sp³-hybridized carbons (Fsp3) is 0.273. The van der Waals surface area contributed by atoms with Crippen LogP contribution in [0.25, 0.3) is 10.9 Å². The summed E-state index contributed by atoms with van der Waals surface area (Å²) in [5, 5.41) is 4.30. The number of methoxy groups -OCH3 is 2. The number of aromatic nitrogens is 1. The van der Waals surface area contributed by atoms with Crippen LogP contribution in [-0.2, 0) is 0 Å². The van der Waals surface area contributed by atoms with E-state index in [-0.39, 0.29) is 5.91 Å². The summed E-state index contributed by atoms with van der Waals surface area (Å²) in [6, 6.07) is 15.2. The Kier molecular flexibility index (Phi) is 5.76. The van der Waals surface area contributed by atoms with Gasteiger partial charge in [-0.25, -0.2) is 4.98 Å². The number of nitrogens with one attached hydrogen (secondary N) is 1. The summed E-state index contributed by atoms with van der Waals surface area (Å²) in [7, 11) is 3.25. The number of carbonyl (C=O) groups excluding carboxylic acids is 1. The number of carbonyl (C=O) groups is 1. The van der Waals surface area contributed by atoms with Crippen molar-refractivity contribution in [2.45, 2.75) is 0 Å². The van der Waals surface area contributed by atoms with Gasteiger partial charge in [0.1, 0.15) is 22.7 Å². The second kappa shape index (κ2) is 8.61. The summed E-state index contributed by atoms with van der Waals surface area (Å²) in [6.07, 6.45) is 0. The highest BCUT2D eigenvalue weighted by atomic mass is 32.2. The number of pyridine rings is 1. The van der Waals surface area contributed by atoms with Crippen molar-refractivity contribution in [2.75, 3.05) is 44.1 Å². The molecule has 2 aromatic carbocycles. The molecule has 150 valence electrons. The first-order valence-corrected chi connectivity index (χ1v) is 10.6. The monoisotopic (exact) mass is 409 g/mol. The van der Waals surface area contributed by atoms with E-state index in [1.165, 1.54) is 0 Å². The molecule has 2 heterocycles. The van der Waals surface area contributed by atoms with E-state index < -0.39 is 0 Å². The number of amides is 1. The SMILES string of the molecule is COc1ccccc1Nc1cc(C(=O)N2CCSCC2)nc2c(OC)cccc12. The molecule has 7 heteroatoms. The molecule has 0 unspecified atom stereocenters. The van der Waals surface area contributed by atoms with Crippen molar-refractivity contribution < 1.29 is 14.3 Å². The van der Waals surface area contributed by atoms with Crippen LogP contribution in [0.1, 0.15) is 10.5 Å². The fourth-order valence-corrected chi connectivity index (χ4v) is 4.32. The molecule has 6 nitrogen and oxygen atoms in total. The molecule has 1 fully saturated rings. The van der Waals surface area contributed by atoms with Crippen LogP contribution in [0.5, 0.6) is 11.5 Å². The summed E-state index contributed by atoms with van der Waals surface area (Å²) in [6.45, 7) is 1.48. The number of thioether (sulfide) groups is 1. The van der Waals surface area contributed by atoms with Gasteiger partial charge in [0.15, 0.2) is 0 Å². The lowest BCUT2D eigenvalue weighted by Gasteiger charge is -2.26. The zero-order chi connectivity index (χ0) is 20.2. The molecule has 29 heavy (non-hydrogen) atoms. The predicted octanol–water partition coefficient (Wildman–Crippen LogP) is 4.18. The smallest absolute Gasteiger partial charge is 0.272 e. The molecule has 3 aromatic rings. The number of para-hydroxylation sites is 3. The molecule has 0 radical (unpaired) electrons. The molecule has 1 N–H and O–H groups in total. The number of anilines is 2. The molecule has 0 saturated carbocycles. The van der Waals surface area contributed by atoms with Crippen molar-refractivity contribution in [3.63, 3.8) is 0 Å². The zero-order valence-corrected chi connectivity index (χ0v) is 17.3. The maximum absolute atomic E-state index is 13.1. The second-order valence-corrected chi connectivity index (χ2v) is 7.87. The number of benzene rings is 2. The predicted molar refractivity (Wildman–Crippen MR) is 118 cm³/mol. The summed E-state index contributed by atoms with van der Waals surface area (Å²) in [4.78, 5) is 19.7. The Bertz CT molecular complexity index is 1030. The van der Waals surface area contributed by atoms with Crippen LogP contribution >= 0.6 is 11.8 Å². The average molecular weight is 410 g/mol. The minimum absolute atomic E-state index is 0.0545. The fourth-order valence-electron chi connectivity index (χ4n) is 3.42. The lowest BCUT2D eigenvalue weighted by molar-refractivity contribution is 0.0767. The molecule has 1 aromatic heterocycles. The molecular formula is C22H23N3O3S. The van der Waals surface area contributed by atoms with Crippen LogP contribution in [0.3, 0.4) is 0 Å². The highest BCUT2D eigenvalue weighted by molar-refractivity contribution is 7.99. The van der Waals surface area contributed by atoms with Crippen LogP contribution < -0.4 is 14.8 Å². The zero-order valence-electron chi connectivity index (χ0n) is 16.5. The van der Waals surface area contributed by atoms with Crippen molar-refractivity contribution in [1.29, 1.82) is 0 Å². The third-order valence-electron chi connectivity index (χ3n) is 4.92. The van der Waals surface area contributed by atoms with E-state index in [9.17, 15) is 4.79 Å². The van der Waals surface area contributed by atoms with Gasteiger partial charge in [-0.1, -0.05) is 24.3 Å². The van der Waals surface area contributed by atoms with E-state index in [4.69, 9.17) is 9.47 Å². The minimum atomic E-state index is -0.0545. The van der Waals surface area contributed by atoms with Crippen LogP contribution in [0, 0.1) is 0 Å². The molecule has 0 bridgehead atoms. The van der Waals surface area contributed by atoms with Gasteiger partial charge < -0.3 is 19.7 Å². The van der Waals surface area contributed by atoms with Crippen molar-refractivity contribution in [3.8, 4) is 11.5 Å². The van der Waals surface area contributed by atoms with Crippen molar-refractivity contribution in [3.05, 3.63) is 54.2 Å². The van der Waals surface area contributed by atoms with E-state index >= 15 is 0 Å². The van der Waals surface area contributed by atoms with Crippen molar-refractivity contribution in [1.82, 2.24) is 9.88 Å². The third kappa shape index (κ3) is 3.96. The normalized spacial score (nSPS) is 13.9. The van der Waals surface area contributed by atoms with Gasteiger partial charge >= 0.3 is 0 Å². The third-order valence-corrected chi connectivity index (χ3v) is 5.86. The van der Waals surface area contributed by atoms with Crippen molar-refractivity contribution >= 4 is 39.9 Å². The molecule has 1 amide bonds. The molecule has 1 aliphatic rings. The number of fused-ring (bicyclic) bond motifs is 1. The van der Waals surface area contributed by atoms with Gasteiger partial charge in [0.05, 0.1) is 25.6 Å². The second-order valence-electron chi connectivity index (χ2n) is 6.64. The average Bonchev–Trinajstić information content (AvgIpc) is 2.79. The number of nitrogens with zero attached hydrogens (tertiary/aromatic N) is 2. The highest BCUT2D eigenvalue weighted by Gasteiger charge is 2.22. The number of hydrogen-bond donors (Lipinski definition) is 1. The molecule has 0 atom stereocenters. The molecule has 1 saturated heterocycles. The molecule has 0 spiro atoms. The van der Waals surface area contributed by atoms with Gasteiger partial charge in [0, 0.05) is 30.0 Å². The summed E-state index contributed by atoms with van der Waals surface area (Å²) in [5.74, 6) is 3.21. The van der Waals surface area contributed by atoms with Gasteiger partial charge in [0.25, 0.3) is 5.91 Å². The van der Waals surface area contributed by atoms with E-state index in [1.807, 2.05) is 65.2 Å². The van der Waals surface area contributed by atoms with Crippen LogP contribution in [-0.4, -0.2) is 54.6 Å². The van der Waals surface area contributed by atoms with Gasteiger partial charge in [0.2, 0.25) is 0 Å². The Balaban J connectivity index is 1.82. The topological polar surface area (TPSA) is 63.7 Å². The standard InChI is InChI=1S/C22H23N3O3S/c1-27-19-8-4-3-7-16(19)23-17-14-18(22(26)25-10-12-29-13-11-25)24-21-15(17)6-5-9-20(21)28-2/h3-9,14H,10-13H2,1-2H3,(H,23,24). The molecule has 4 rings (SSSR count). The van der Waals surface area contributed by atoms with Crippen LogP contribution in [0.2, 0.25) is 0 Å². The summed E-state index contributed by atoms with van der Waals surface area (Å²) >= 11 is 1.87.